The standard InChI is InChI=1S/C10H19NOS/c1-9-4-5-11(6-7-13-9)10(2,3)8-12/h8-9H,4-7H2,1-3H3. The first-order valence-electron chi connectivity index (χ1n) is 4.89. The minimum Gasteiger partial charge on any atom is -0.301 e. The van der Waals surface area contributed by atoms with E-state index in [9.17, 15) is 4.79 Å². The molecule has 0 aromatic carbocycles. The molecule has 1 fully saturated rings. The number of carbonyl (C=O) groups is 1. The van der Waals surface area contributed by atoms with Crippen LogP contribution in [0.2, 0.25) is 0 Å². The Bertz CT molecular complexity index is 182. The molecule has 0 saturated carbocycles. The van der Waals surface area contributed by atoms with Crippen LogP contribution in [0, 0.1) is 0 Å². The van der Waals surface area contributed by atoms with Crippen molar-refractivity contribution < 1.29 is 4.79 Å². The van der Waals surface area contributed by atoms with E-state index in [4.69, 9.17) is 0 Å². The van der Waals surface area contributed by atoms with Crippen LogP contribution in [-0.2, 0) is 4.79 Å². The second-order valence-corrected chi connectivity index (χ2v) is 5.77. The Morgan fingerprint density at radius 3 is 2.77 bits per heavy atom. The van der Waals surface area contributed by atoms with Gasteiger partial charge in [0.25, 0.3) is 0 Å². The molecule has 1 aliphatic heterocycles. The average Bonchev–Trinajstić information content (AvgIpc) is 2.30. The summed E-state index contributed by atoms with van der Waals surface area (Å²) in [6.07, 6.45) is 2.26. The Labute approximate surface area is 85.1 Å². The number of aldehydes is 1. The lowest BCUT2D eigenvalue weighted by atomic mass is 10.0. The maximum Gasteiger partial charge on any atom is 0.139 e. The van der Waals surface area contributed by atoms with Crippen LogP contribution >= 0.6 is 11.8 Å². The van der Waals surface area contributed by atoms with Crippen molar-refractivity contribution in [2.24, 2.45) is 0 Å². The van der Waals surface area contributed by atoms with Crippen molar-refractivity contribution in [3.8, 4) is 0 Å². The van der Waals surface area contributed by atoms with Crippen molar-refractivity contribution in [1.29, 1.82) is 0 Å². The summed E-state index contributed by atoms with van der Waals surface area (Å²) in [5, 5.41) is 0.743. The van der Waals surface area contributed by atoms with Gasteiger partial charge in [-0.2, -0.15) is 11.8 Å². The molecule has 0 radical (unpaired) electrons. The molecule has 0 amide bonds. The first-order valence-corrected chi connectivity index (χ1v) is 5.94. The molecule has 0 bridgehead atoms. The molecule has 0 N–H and O–H groups in total. The maximum absolute atomic E-state index is 10.9. The van der Waals surface area contributed by atoms with Gasteiger partial charge in [0.2, 0.25) is 0 Å². The van der Waals surface area contributed by atoms with Crippen molar-refractivity contribution >= 4 is 18.0 Å². The van der Waals surface area contributed by atoms with Crippen LogP contribution in [0.15, 0.2) is 0 Å². The highest BCUT2D eigenvalue weighted by atomic mass is 32.2. The van der Waals surface area contributed by atoms with Crippen LogP contribution in [0.4, 0.5) is 0 Å². The summed E-state index contributed by atoms with van der Waals surface area (Å²) in [5.41, 5.74) is -0.273. The van der Waals surface area contributed by atoms with Gasteiger partial charge in [0.05, 0.1) is 5.54 Å². The highest BCUT2D eigenvalue weighted by molar-refractivity contribution is 7.99. The predicted molar refractivity (Wildman–Crippen MR) is 58.3 cm³/mol. The van der Waals surface area contributed by atoms with E-state index in [1.54, 1.807) is 0 Å². The van der Waals surface area contributed by atoms with Crippen LogP contribution in [0.5, 0.6) is 0 Å². The molecule has 0 aromatic rings. The maximum atomic E-state index is 10.9. The molecular formula is C10H19NOS. The van der Waals surface area contributed by atoms with Gasteiger partial charge in [0.1, 0.15) is 6.29 Å². The summed E-state index contributed by atoms with van der Waals surface area (Å²) < 4.78 is 0. The summed E-state index contributed by atoms with van der Waals surface area (Å²) in [6, 6.07) is 0. The van der Waals surface area contributed by atoms with E-state index in [2.05, 4.69) is 11.8 Å². The molecule has 1 heterocycles. The fourth-order valence-electron chi connectivity index (χ4n) is 1.55. The van der Waals surface area contributed by atoms with E-state index in [1.807, 2.05) is 25.6 Å². The van der Waals surface area contributed by atoms with E-state index in [-0.39, 0.29) is 5.54 Å². The first kappa shape index (κ1) is 11.1. The van der Waals surface area contributed by atoms with Gasteiger partial charge in [-0.05, 0) is 20.3 Å². The van der Waals surface area contributed by atoms with E-state index in [1.165, 1.54) is 6.42 Å². The summed E-state index contributed by atoms with van der Waals surface area (Å²) >= 11 is 2.01. The fourth-order valence-corrected chi connectivity index (χ4v) is 2.55. The van der Waals surface area contributed by atoms with Crippen LogP contribution in [0.25, 0.3) is 0 Å². The van der Waals surface area contributed by atoms with Gasteiger partial charge in [-0.1, -0.05) is 6.92 Å². The molecule has 1 atom stereocenters. The summed E-state index contributed by atoms with van der Waals surface area (Å²) in [7, 11) is 0. The lowest BCUT2D eigenvalue weighted by Crippen LogP contribution is -2.46. The summed E-state index contributed by atoms with van der Waals surface area (Å²) in [6.45, 7) is 8.37. The zero-order chi connectivity index (χ0) is 9.90. The third kappa shape index (κ3) is 2.99. The number of hydrogen-bond acceptors (Lipinski definition) is 3. The zero-order valence-corrected chi connectivity index (χ0v) is 9.56. The molecule has 3 heteroatoms. The Balaban J connectivity index is 2.55. The Hall–Kier alpha value is -0.0200. The highest BCUT2D eigenvalue weighted by Crippen LogP contribution is 2.22. The van der Waals surface area contributed by atoms with Gasteiger partial charge in [0, 0.05) is 24.1 Å². The van der Waals surface area contributed by atoms with Crippen molar-refractivity contribution in [3.63, 3.8) is 0 Å². The van der Waals surface area contributed by atoms with Gasteiger partial charge < -0.3 is 4.79 Å². The third-order valence-electron chi connectivity index (χ3n) is 2.67. The van der Waals surface area contributed by atoms with E-state index < -0.39 is 0 Å². The first-order chi connectivity index (χ1) is 6.06. The molecule has 1 rings (SSSR count). The largest absolute Gasteiger partial charge is 0.301 e. The van der Waals surface area contributed by atoms with E-state index in [0.29, 0.717) is 0 Å². The lowest BCUT2D eigenvalue weighted by molar-refractivity contribution is -0.116. The number of rotatable bonds is 2. The minimum absolute atomic E-state index is 0.273. The normalized spacial score (nSPS) is 26.8. The Morgan fingerprint density at radius 2 is 2.15 bits per heavy atom. The molecule has 1 aliphatic rings. The predicted octanol–water partition coefficient (Wildman–Crippen LogP) is 1.79. The van der Waals surface area contributed by atoms with E-state index in [0.717, 1.165) is 30.4 Å². The van der Waals surface area contributed by atoms with Crippen molar-refractivity contribution in [1.82, 2.24) is 4.90 Å². The van der Waals surface area contributed by atoms with Crippen molar-refractivity contribution in [2.75, 3.05) is 18.8 Å². The van der Waals surface area contributed by atoms with Gasteiger partial charge in [-0.25, -0.2) is 0 Å². The second kappa shape index (κ2) is 4.47. The fraction of sp³-hybridized carbons (Fsp3) is 0.900. The van der Waals surface area contributed by atoms with Gasteiger partial charge >= 0.3 is 0 Å². The number of nitrogens with zero attached hydrogens (tertiary/aromatic N) is 1. The van der Waals surface area contributed by atoms with Crippen LogP contribution < -0.4 is 0 Å². The monoisotopic (exact) mass is 201 g/mol. The van der Waals surface area contributed by atoms with Crippen LogP contribution in [-0.4, -0.2) is 40.8 Å². The quantitative estimate of drug-likeness (QED) is 0.635. The van der Waals surface area contributed by atoms with Crippen molar-refractivity contribution in [2.45, 2.75) is 38.0 Å². The van der Waals surface area contributed by atoms with Crippen LogP contribution in [0.1, 0.15) is 27.2 Å². The topological polar surface area (TPSA) is 20.3 Å². The number of carbonyl (C=O) groups excluding carboxylic acids is 1. The lowest BCUT2D eigenvalue weighted by Gasteiger charge is -2.32. The molecule has 76 valence electrons. The molecule has 0 aliphatic carbocycles. The molecule has 13 heavy (non-hydrogen) atoms. The molecule has 1 unspecified atom stereocenters. The van der Waals surface area contributed by atoms with Crippen molar-refractivity contribution in [3.05, 3.63) is 0 Å². The minimum atomic E-state index is -0.273. The van der Waals surface area contributed by atoms with Gasteiger partial charge in [0.15, 0.2) is 0 Å². The highest BCUT2D eigenvalue weighted by Gasteiger charge is 2.27. The average molecular weight is 201 g/mol. The Kier molecular flexibility index (Phi) is 3.80. The SMILES string of the molecule is CC1CCN(C(C)(C)C=O)CCS1. The number of thioether (sulfide) groups is 1. The molecular weight excluding hydrogens is 182 g/mol. The molecule has 0 aromatic heterocycles. The summed E-state index contributed by atoms with van der Waals surface area (Å²) in [4.78, 5) is 13.2. The Morgan fingerprint density at radius 1 is 1.46 bits per heavy atom. The second-order valence-electron chi connectivity index (χ2n) is 4.23. The van der Waals surface area contributed by atoms with E-state index >= 15 is 0 Å². The smallest absolute Gasteiger partial charge is 0.139 e. The van der Waals surface area contributed by atoms with Crippen LogP contribution in [0.3, 0.4) is 0 Å². The molecule has 1 saturated heterocycles. The third-order valence-corrected chi connectivity index (χ3v) is 3.90. The number of hydrogen-bond donors (Lipinski definition) is 0. The van der Waals surface area contributed by atoms with Gasteiger partial charge in [-0.15, -0.1) is 0 Å². The zero-order valence-electron chi connectivity index (χ0n) is 8.75. The van der Waals surface area contributed by atoms with Gasteiger partial charge in [-0.3, -0.25) is 4.90 Å². The summed E-state index contributed by atoms with van der Waals surface area (Å²) in [5.74, 6) is 1.15. The molecule has 0 spiro atoms. The molecule has 2 nitrogen and oxygen atoms in total.